The molecule has 2 amide bonds. The predicted molar refractivity (Wildman–Crippen MR) is 130 cm³/mol. The molecule has 0 spiro atoms. The maximum Gasteiger partial charge on any atom is 0.261 e. The fourth-order valence-electron chi connectivity index (χ4n) is 4.66. The Morgan fingerprint density at radius 3 is 2.78 bits per heavy atom. The van der Waals surface area contributed by atoms with Crippen molar-refractivity contribution in [1.29, 1.82) is 0 Å². The number of nitrogens with zero attached hydrogens (tertiary/aromatic N) is 2. The summed E-state index contributed by atoms with van der Waals surface area (Å²) in [6.45, 7) is 0.810. The van der Waals surface area contributed by atoms with Crippen molar-refractivity contribution in [3.8, 4) is 0 Å². The second kappa shape index (κ2) is 10.7. The van der Waals surface area contributed by atoms with Crippen LogP contribution in [0.4, 0.5) is 0 Å². The van der Waals surface area contributed by atoms with Gasteiger partial charge in [0.25, 0.3) is 5.91 Å². The van der Waals surface area contributed by atoms with Gasteiger partial charge in [0.15, 0.2) is 0 Å². The SMILES string of the molecule is CNC(=O)c1sc2ccccc2c1C[C@H]1CCCCCN1C(=O)CCCc1ccccn1. The second-order valence-corrected chi connectivity index (χ2v) is 9.51. The summed E-state index contributed by atoms with van der Waals surface area (Å²) in [6, 6.07) is 14.3. The van der Waals surface area contributed by atoms with Gasteiger partial charge in [-0.25, -0.2) is 0 Å². The van der Waals surface area contributed by atoms with E-state index in [2.05, 4.69) is 27.3 Å². The van der Waals surface area contributed by atoms with Gasteiger partial charge in [-0.3, -0.25) is 14.6 Å². The average molecular weight is 450 g/mol. The van der Waals surface area contributed by atoms with Gasteiger partial charge in [-0.05, 0) is 61.3 Å². The lowest BCUT2D eigenvalue weighted by Crippen LogP contribution is -2.41. The Hall–Kier alpha value is -2.73. The second-order valence-electron chi connectivity index (χ2n) is 8.45. The predicted octanol–water partition coefficient (Wildman–Crippen LogP) is 4.99. The third-order valence-corrected chi connectivity index (χ3v) is 7.53. The van der Waals surface area contributed by atoms with Crippen molar-refractivity contribution in [2.45, 2.75) is 57.4 Å². The van der Waals surface area contributed by atoms with Crippen molar-refractivity contribution in [3.63, 3.8) is 0 Å². The lowest BCUT2D eigenvalue weighted by Gasteiger charge is -2.30. The van der Waals surface area contributed by atoms with Crippen LogP contribution in [0.2, 0.25) is 0 Å². The smallest absolute Gasteiger partial charge is 0.261 e. The number of fused-ring (bicyclic) bond motifs is 1. The number of aromatic nitrogens is 1. The minimum atomic E-state index is -0.0388. The summed E-state index contributed by atoms with van der Waals surface area (Å²) < 4.78 is 1.13. The van der Waals surface area contributed by atoms with E-state index in [1.165, 1.54) is 0 Å². The van der Waals surface area contributed by atoms with E-state index >= 15 is 0 Å². The molecule has 0 aliphatic carbocycles. The number of benzene rings is 1. The number of carbonyl (C=O) groups excluding carboxylic acids is 2. The highest BCUT2D eigenvalue weighted by Crippen LogP contribution is 2.34. The van der Waals surface area contributed by atoms with Gasteiger partial charge < -0.3 is 10.2 Å². The molecule has 0 bridgehead atoms. The summed E-state index contributed by atoms with van der Waals surface area (Å²) in [5.74, 6) is 0.192. The van der Waals surface area contributed by atoms with Gasteiger partial charge in [0.1, 0.15) is 0 Å². The van der Waals surface area contributed by atoms with E-state index in [9.17, 15) is 9.59 Å². The van der Waals surface area contributed by atoms with Crippen LogP contribution in [-0.4, -0.2) is 41.3 Å². The van der Waals surface area contributed by atoms with Gasteiger partial charge in [-0.1, -0.05) is 37.1 Å². The van der Waals surface area contributed by atoms with Gasteiger partial charge in [0.05, 0.1) is 4.88 Å². The molecule has 2 aromatic heterocycles. The fraction of sp³-hybridized carbons (Fsp3) is 0.423. The summed E-state index contributed by atoms with van der Waals surface area (Å²) >= 11 is 1.55. The van der Waals surface area contributed by atoms with E-state index in [4.69, 9.17) is 0 Å². The largest absolute Gasteiger partial charge is 0.354 e. The van der Waals surface area contributed by atoms with Crippen LogP contribution < -0.4 is 5.32 Å². The number of nitrogens with one attached hydrogen (secondary N) is 1. The Labute approximate surface area is 193 Å². The maximum absolute atomic E-state index is 13.2. The van der Waals surface area contributed by atoms with Crippen molar-refractivity contribution in [2.75, 3.05) is 13.6 Å². The monoisotopic (exact) mass is 449 g/mol. The molecule has 0 saturated carbocycles. The number of hydrogen-bond donors (Lipinski definition) is 1. The van der Waals surface area contributed by atoms with Crippen molar-refractivity contribution in [2.24, 2.45) is 0 Å². The highest BCUT2D eigenvalue weighted by molar-refractivity contribution is 7.21. The van der Waals surface area contributed by atoms with Crippen LogP contribution in [0.1, 0.15) is 59.5 Å². The molecule has 1 fully saturated rings. The average Bonchev–Trinajstić information content (AvgIpc) is 3.02. The zero-order valence-corrected chi connectivity index (χ0v) is 19.5. The molecule has 1 aromatic carbocycles. The fourth-order valence-corrected chi connectivity index (χ4v) is 5.84. The van der Waals surface area contributed by atoms with Crippen LogP contribution in [0.25, 0.3) is 10.1 Å². The first-order chi connectivity index (χ1) is 15.7. The molecule has 1 N–H and O–H groups in total. The van der Waals surface area contributed by atoms with E-state index < -0.39 is 0 Å². The van der Waals surface area contributed by atoms with Crippen molar-refractivity contribution in [1.82, 2.24) is 15.2 Å². The number of hydrogen-bond acceptors (Lipinski definition) is 4. The van der Waals surface area contributed by atoms with Crippen molar-refractivity contribution in [3.05, 3.63) is 64.8 Å². The first kappa shape index (κ1) is 22.5. The van der Waals surface area contributed by atoms with Crippen LogP contribution in [0, 0.1) is 0 Å². The summed E-state index contributed by atoms with van der Waals surface area (Å²) in [6.07, 6.45) is 9.03. The molecule has 168 valence electrons. The molecule has 32 heavy (non-hydrogen) atoms. The van der Waals surface area contributed by atoms with Crippen LogP contribution in [-0.2, 0) is 17.6 Å². The zero-order valence-electron chi connectivity index (χ0n) is 18.7. The molecule has 0 unspecified atom stereocenters. The van der Waals surface area contributed by atoms with E-state index in [1.54, 1.807) is 24.6 Å². The Morgan fingerprint density at radius 2 is 1.97 bits per heavy atom. The number of thiophene rings is 1. The molecule has 0 radical (unpaired) electrons. The zero-order chi connectivity index (χ0) is 22.3. The number of carbonyl (C=O) groups is 2. The first-order valence-corrected chi connectivity index (χ1v) is 12.4. The highest BCUT2D eigenvalue weighted by Gasteiger charge is 2.28. The van der Waals surface area contributed by atoms with Crippen LogP contribution in [0.15, 0.2) is 48.7 Å². The lowest BCUT2D eigenvalue weighted by atomic mass is 9.97. The van der Waals surface area contributed by atoms with Gasteiger partial charge in [0, 0.05) is 42.6 Å². The molecule has 1 aliphatic rings. The van der Waals surface area contributed by atoms with E-state index in [0.717, 1.165) is 77.7 Å². The van der Waals surface area contributed by atoms with Gasteiger partial charge in [-0.15, -0.1) is 11.3 Å². The third-order valence-electron chi connectivity index (χ3n) is 6.32. The van der Waals surface area contributed by atoms with Gasteiger partial charge in [0.2, 0.25) is 5.91 Å². The number of amides is 2. The number of rotatable bonds is 7. The van der Waals surface area contributed by atoms with E-state index in [1.807, 2.05) is 30.3 Å². The Kier molecular flexibility index (Phi) is 7.53. The van der Waals surface area contributed by atoms with Crippen LogP contribution >= 0.6 is 11.3 Å². The highest BCUT2D eigenvalue weighted by atomic mass is 32.1. The molecule has 6 heteroatoms. The molecule has 1 aliphatic heterocycles. The lowest BCUT2D eigenvalue weighted by molar-refractivity contribution is -0.133. The molecule has 1 atom stereocenters. The standard InChI is InChI=1S/C26H31N3O2S/c1-27-26(31)25-22(21-13-4-5-14-23(21)32-25)18-20-12-3-2-8-17-29(20)24(30)15-9-11-19-10-6-7-16-28-19/h4-7,10,13-14,16,20H,2-3,8-9,11-12,15,17-18H2,1H3,(H,27,31)/t20-/m1/s1. The summed E-state index contributed by atoms with van der Waals surface area (Å²) in [7, 11) is 1.68. The summed E-state index contributed by atoms with van der Waals surface area (Å²) in [5.41, 5.74) is 2.12. The van der Waals surface area contributed by atoms with Crippen LogP contribution in [0.3, 0.4) is 0 Å². The summed E-state index contributed by atoms with van der Waals surface area (Å²) in [5, 5.41) is 3.94. The van der Waals surface area contributed by atoms with Gasteiger partial charge >= 0.3 is 0 Å². The Bertz CT molecular complexity index is 1060. The Balaban J connectivity index is 1.52. The molecule has 3 heterocycles. The van der Waals surface area contributed by atoms with Crippen molar-refractivity contribution < 1.29 is 9.59 Å². The number of pyridine rings is 1. The summed E-state index contributed by atoms with van der Waals surface area (Å²) in [4.78, 5) is 33.1. The number of likely N-dealkylation sites (tertiary alicyclic amines) is 1. The number of aryl methyl sites for hydroxylation is 1. The molecular weight excluding hydrogens is 418 g/mol. The molecule has 4 rings (SSSR count). The molecule has 3 aromatic rings. The van der Waals surface area contributed by atoms with E-state index in [-0.39, 0.29) is 17.9 Å². The van der Waals surface area contributed by atoms with Crippen LogP contribution in [0.5, 0.6) is 0 Å². The molecular formula is C26H31N3O2S. The minimum Gasteiger partial charge on any atom is -0.354 e. The van der Waals surface area contributed by atoms with Gasteiger partial charge in [-0.2, -0.15) is 0 Å². The topological polar surface area (TPSA) is 62.3 Å². The molecule has 5 nitrogen and oxygen atoms in total. The van der Waals surface area contributed by atoms with Crippen molar-refractivity contribution >= 4 is 33.2 Å². The quantitative estimate of drug-likeness (QED) is 0.553. The van der Waals surface area contributed by atoms with E-state index in [0.29, 0.717) is 6.42 Å². The first-order valence-electron chi connectivity index (χ1n) is 11.6. The Morgan fingerprint density at radius 1 is 1.12 bits per heavy atom. The third kappa shape index (κ3) is 5.18. The normalized spacial score (nSPS) is 16.7. The molecule has 1 saturated heterocycles. The maximum atomic E-state index is 13.2. The minimum absolute atomic E-state index is 0.0388.